The Balaban J connectivity index is 1.36. The summed E-state index contributed by atoms with van der Waals surface area (Å²) in [6, 6.07) is 5.18. The summed E-state index contributed by atoms with van der Waals surface area (Å²) >= 11 is 12.3. The molecule has 2 aliphatic heterocycles. The molecule has 1 amide bonds. The van der Waals surface area contributed by atoms with E-state index < -0.39 is 5.91 Å². The Labute approximate surface area is 217 Å². The first kappa shape index (κ1) is 24.7. The van der Waals surface area contributed by atoms with Crippen molar-refractivity contribution in [2.45, 2.75) is 32.2 Å². The number of nitrogens with one attached hydrogen (secondary N) is 1. The van der Waals surface area contributed by atoms with Crippen LogP contribution in [0.4, 0.5) is 11.8 Å². The first-order chi connectivity index (χ1) is 17.4. The highest BCUT2D eigenvalue weighted by Crippen LogP contribution is 2.28. The Morgan fingerprint density at radius 3 is 2.56 bits per heavy atom. The molecular weight excluding hydrogens is 505 g/mol. The molecule has 1 aromatic carbocycles. The van der Waals surface area contributed by atoms with E-state index >= 15 is 0 Å². The van der Waals surface area contributed by atoms with Gasteiger partial charge in [-0.15, -0.1) is 5.10 Å². The summed E-state index contributed by atoms with van der Waals surface area (Å²) in [4.78, 5) is 34.1. The van der Waals surface area contributed by atoms with Gasteiger partial charge in [0.1, 0.15) is 17.2 Å². The maximum Gasteiger partial charge on any atom is 0.256 e. The van der Waals surface area contributed by atoms with Crippen LogP contribution in [-0.4, -0.2) is 74.3 Å². The van der Waals surface area contributed by atoms with Crippen LogP contribution in [0.1, 0.15) is 41.6 Å². The summed E-state index contributed by atoms with van der Waals surface area (Å²) in [5.74, 6) is 0.377. The van der Waals surface area contributed by atoms with Crippen molar-refractivity contribution >= 4 is 52.3 Å². The van der Waals surface area contributed by atoms with E-state index in [2.05, 4.69) is 25.7 Å². The van der Waals surface area contributed by atoms with Gasteiger partial charge in [0.25, 0.3) is 5.91 Å². The number of tetrazole rings is 1. The van der Waals surface area contributed by atoms with Crippen LogP contribution in [0.25, 0.3) is 5.65 Å². The summed E-state index contributed by atoms with van der Waals surface area (Å²) in [5.41, 5.74) is 6.75. The standard InChI is InChI=1S/C23H27Cl2N9O2/c24-16-4-3-15(17(25)11-16)12-27-21-19(20(26)36)22-29-30-31-34(22)23(28-21)33-9-5-14(6-10-33)18(35)13-32-7-1-2-8-32/h3-4,11,14,27H,1-2,5-10,12-13H2,(H2,26,36). The Hall–Kier alpha value is -3.02. The summed E-state index contributed by atoms with van der Waals surface area (Å²) in [6.07, 6.45) is 3.78. The number of nitrogens with two attached hydrogens (primary N) is 1. The van der Waals surface area contributed by atoms with E-state index in [0.29, 0.717) is 41.4 Å². The highest BCUT2D eigenvalue weighted by atomic mass is 35.5. The smallest absolute Gasteiger partial charge is 0.256 e. The number of likely N-dealkylation sites (tertiary alicyclic amines) is 1. The Kier molecular flexibility index (Phi) is 7.22. The molecule has 0 radical (unpaired) electrons. The van der Waals surface area contributed by atoms with Crippen LogP contribution >= 0.6 is 23.2 Å². The first-order valence-corrected chi connectivity index (χ1v) is 12.8. The van der Waals surface area contributed by atoms with Gasteiger partial charge in [0.05, 0.1) is 6.54 Å². The molecule has 2 saturated heterocycles. The lowest BCUT2D eigenvalue weighted by Crippen LogP contribution is -2.41. The molecule has 4 heterocycles. The number of halogens is 2. The van der Waals surface area contributed by atoms with Gasteiger partial charge in [0.2, 0.25) is 5.95 Å². The van der Waals surface area contributed by atoms with Gasteiger partial charge in [-0.05, 0) is 66.9 Å². The lowest BCUT2D eigenvalue weighted by atomic mass is 9.92. The van der Waals surface area contributed by atoms with E-state index in [1.54, 1.807) is 18.2 Å². The largest absolute Gasteiger partial charge is 0.365 e. The lowest BCUT2D eigenvalue weighted by Gasteiger charge is -2.32. The Bertz CT molecular complexity index is 1280. The summed E-state index contributed by atoms with van der Waals surface area (Å²) in [6.45, 7) is 4.08. The summed E-state index contributed by atoms with van der Waals surface area (Å²) in [5, 5.41) is 16.0. The van der Waals surface area contributed by atoms with E-state index in [4.69, 9.17) is 33.9 Å². The van der Waals surface area contributed by atoms with Gasteiger partial charge in [0, 0.05) is 35.6 Å². The molecule has 13 heteroatoms. The number of hydrogen-bond donors (Lipinski definition) is 2. The topological polar surface area (TPSA) is 135 Å². The van der Waals surface area contributed by atoms with Gasteiger partial charge in [0.15, 0.2) is 5.65 Å². The van der Waals surface area contributed by atoms with Gasteiger partial charge in [-0.25, -0.2) is 0 Å². The van der Waals surface area contributed by atoms with Crippen LogP contribution in [0, 0.1) is 5.92 Å². The molecule has 2 aromatic heterocycles. The minimum Gasteiger partial charge on any atom is -0.365 e. The zero-order valence-electron chi connectivity index (χ0n) is 19.7. The Morgan fingerprint density at radius 1 is 1.11 bits per heavy atom. The fraction of sp³-hybridized carbons (Fsp3) is 0.478. The van der Waals surface area contributed by atoms with Crippen molar-refractivity contribution in [3.63, 3.8) is 0 Å². The highest BCUT2D eigenvalue weighted by Gasteiger charge is 2.30. The number of hydrogen-bond acceptors (Lipinski definition) is 9. The molecule has 5 rings (SSSR count). The number of nitrogens with zero attached hydrogens (tertiary/aromatic N) is 7. The molecule has 0 saturated carbocycles. The second-order valence-corrected chi connectivity index (χ2v) is 10.1. The molecule has 190 valence electrons. The van der Waals surface area contributed by atoms with Crippen LogP contribution < -0.4 is 16.0 Å². The summed E-state index contributed by atoms with van der Waals surface area (Å²) < 4.78 is 1.42. The molecule has 0 unspecified atom stereocenters. The molecule has 3 aromatic rings. The molecule has 0 aliphatic carbocycles. The molecule has 2 aliphatic rings. The molecule has 36 heavy (non-hydrogen) atoms. The third-order valence-electron chi connectivity index (χ3n) is 6.85. The molecule has 0 bridgehead atoms. The number of rotatable bonds is 8. The fourth-order valence-electron chi connectivity index (χ4n) is 4.88. The molecule has 3 N–H and O–H groups in total. The van der Waals surface area contributed by atoms with Crippen molar-refractivity contribution in [3.8, 4) is 0 Å². The van der Waals surface area contributed by atoms with Gasteiger partial charge in [-0.2, -0.15) is 9.50 Å². The number of carbonyl (C=O) groups is 2. The second kappa shape index (κ2) is 10.5. The predicted octanol–water partition coefficient (Wildman–Crippen LogP) is 2.42. The Morgan fingerprint density at radius 2 is 1.86 bits per heavy atom. The van der Waals surface area contributed by atoms with Gasteiger partial charge in [-0.1, -0.05) is 29.3 Å². The number of fused-ring (bicyclic) bond motifs is 1. The maximum absolute atomic E-state index is 12.8. The van der Waals surface area contributed by atoms with Crippen LogP contribution in [0.2, 0.25) is 10.0 Å². The number of ketones is 1. The van der Waals surface area contributed by atoms with Crippen molar-refractivity contribution in [3.05, 3.63) is 39.4 Å². The zero-order valence-corrected chi connectivity index (χ0v) is 21.2. The molecule has 11 nitrogen and oxygen atoms in total. The average Bonchev–Trinajstić information content (AvgIpc) is 3.55. The SMILES string of the molecule is NC(=O)c1c(NCc2ccc(Cl)cc2Cl)nc(N2CCC(C(=O)CN3CCCC3)CC2)n2nnnc12. The molecule has 0 atom stereocenters. The zero-order chi connectivity index (χ0) is 25.2. The number of piperidine rings is 1. The van der Waals surface area contributed by atoms with E-state index in [-0.39, 0.29) is 29.5 Å². The van der Waals surface area contributed by atoms with Crippen LogP contribution in [0.3, 0.4) is 0 Å². The predicted molar refractivity (Wildman–Crippen MR) is 137 cm³/mol. The van der Waals surface area contributed by atoms with Crippen molar-refractivity contribution in [1.82, 2.24) is 29.9 Å². The highest BCUT2D eigenvalue weighted by molar-refractivity contribution is 6.35. The van der Waals surface area contributed by atoms with E-state index in [1.165, 1.54) is 17.4 Å². The average molecular weight is 532 g/mol. The maximum atomic E-state index is 12.8. The first-order valence-electron chi connectivity index (χ1n) is 12.0. The van der Waals surface area contributed by atoms with Crippen LogP contribution in [0.5, 0.6) is 0 Å². The number of amides is 1. The summed E-state index contributed by atoms with van der Waals surface area (Å²) in [7, 11) is 0. The van der Waals surface area contributed by atoms with E-state index in [0.717, 1.165) is 31.5 Å². The number of Topliss-reactive ketones (excluding diaryl/α,β-unsaturated/α-hetero) is 1. The minimum absolute atomic E-state index is 0.0285. The molecular formula is C23H27Cl2N9O2. The van der Waals surface area contributed by atoms with E-state index in [1.807, 2.05) is 4.90 Å². The van der Waals surface area contributed by atoms with Crippen molar-refractivity contribution < 1.29 is 9.59 Å². The number of carbonyl (C=O) groups excluding carboxylic acids is 2. The quantitative estimate of drug-likeness (QED) is 0.449. The normalized spacial score (nSPS) is 17.1. The molecule has 2 fully saturated rings. The van der Waals surface area contributed by atoms with Crippen LogP contribution in [-0.2, 0) is 11.3 Å². The molecule has 0 spiro atoms. The fourth-order valence-corrected chi connectivity index (χ4v) is 5.36. The number of aromatic nitrogens is 5. The third-order valence-corrected chi connectivity index (χ3v) is 7.44. The minimum atomic E-state index is -0.704. The van der Waals surface area contributed by atoms with E-state index in [9.17, 15) is 9.59 Å². The second-order valence-electron chi connectivity index (χ2n) is 9.21. The number of primary amides is 1. The third kappa shape index (κ3) is 5.09. The van der Waals surface area contributed by atoms with Crippen LogP contribution in [0.15, 0.2) is 18.2 Å². The van der Waals surface area contributed by atoms with Gasteiger partial charge in [-0.3, -0.25) is 14.5 Å². The van der Waals surface area contributed by atoms with Gasteiger partial charge < -0.3 is 16.0 Å². The van der Waals surface area contributed by atoms with Crippen molar-refractivity contribution in [2.75, 3.05) is 42.9 Å². The number of benzene rings is 1. The lowest BCUT2D eigenvalue weighted by molar-refractivity contribution is -0.124. The van der Waals surface area contributed by atoms with Crippen molar-refractivity contribution in [2.24, 2.45) is 11.7 Å². The monoisotopic (exact) mass is 531 g/mol. The van der Waals surface area contributed by atoms with Crippen molar-refractivity contribution in [1.29, 1.82) is 0 Å². The van der Waals surface area contributed by atoms with Gasteiger partial charge >= 0.3 is 0 Å². The number of anilines is 2.